The zero-order valence-electron chi connectivity index (χ0n) is 11.5. The number of hydrogen-bond acceptors (Lipinski definition) is 4. The van der Waals surface area contributed by atoms with E-state index in [2.05, 4.69) is 5.32 Å². The van der Waals surface area contributed by atoms with E-state index in [4.69, 9.17) is 17.3 Å². The Kier molecular flexibility index (Phi) is 4.86. The average Bonchev–Trinajstić information content (AvgIpc) is 2.82. The van der Waals surface area contributed by atoms with Crippen LogP contribution in [-0.4, -0.2) is 41.7 Å². The standard InChI is InChI=1S/C14H20ClN3O2/c1-9(19)10-4-5-18(7-10)8-14(20)17-13-6-11(15)2-3-12(13)16/h2-3,6,9-10,19H,4-5,7-8,16H2,1H3,(H,17,20). The first-order chi connectivity index (χ1) is 9.45. The molecule has 1 saturated heterocycles. The Morgan fingerprint density at radius 2 is 2.40 bits per heavy atom. The van der Waals surface area contributed by atoms with Crippen LogP contribution in [0.2, 0.25) is 5.02 Å². The summed E-state index contributed by atoms with van der Waals surface area (Å²) in [4.78, 5) is 14.0. The van der Waals surface area contributed by atoms with E-state index < -0.39 is 0 Å². The Morgan fingerprint density at radius 3 is 3.05 bits per heavy atom. The Hall–Kier alpha value is -1.30. The minimum atomic E-state index is -0.327. The summed E-state index contributed by atoms with van der Waals surface area (Å²) >= 11 is 5.88. The van der Waals surface area contributed by atoms with Crippen LogP contribution in [0.1, 0.15) is 13.3 Å². The average molecular weight is 298 g/mol. The van der Waals surface area contributed by atoms with Gasteiger partial charge in [0, 0.05) is 11.6 Å². The van der Waals surface area contributed by atoms with Crippen LogP contribution < -0.4 is 11.1 Å². The number of likely N-dealkylation sites (tertiary alicyclic amines) is 1. The molecule has 0 aromatic heterocycles. The monoisotopic (exact) mass is 297 g/mol. The molecule has 1 aromatic carbocycles. The second kappa shape index (κ2) is 6.43. The molecule has 20 heavy (non-hydrogen) atoms. The normalized spacial score (nSPS) is 20.9. The van der Waals surface area contributed by atoms with E-state index >= 15 is 0 Å². The van der Waals surface area contributed by atoms with Crippen LogP contribution in [-0.2, 0) is 4.79 Å². The van der Waals surface area contributed by atoms with E-state index in [1.807, 2.05) is 4.90 Å². The van der Waals surface area contributed by atoms with Crippen molar-refractivity contribution in [3.05, 3.63) is 23.2 Å². The van der Waals surface area contributed by atoms with Gasteiger partial charge in [-0.1, -0.05) is 11.6 Å². The molecule has 0 spiro atoms. The van der Waals surface area contributed by atoms with Gasteiger partial charge in [0.05, 0.1) is 24.0 Å². The number of carbonyl (C=O) groups is 1. The van der Waals surface area contributed by atoms with Crippen LogP contribution in [0.25, 0.3) is 0 Å². The third kappa shape index (κ3) is 3.85. The highest BCUT2D eigenvalue weighted by Crippen LogP contribution is 2.23. The Morgan fingerprint density at radius 1 is 1.65 bits per heavy atom. The molecule has 0 saturated carbocycles. The van der Waals surface area contributed by atoms with E-state index in [9.17, 15) is 9.90 Å². The van der Waals surface area contributed by atoms with Gasteiger partial charge in [0.2, 0.25) is 5.91 Å². The molecule has 0 bridgehead atoms. The fraction of sp³-hybridized carbons (Fsp3) is 0.500. The van der Waals surface area contributed by atoms with Crippen LogP contribution in [0.5, 0.6) is 0 Å². The first kappa shape index (κ1) is 15.1. The zero-order valence-corrected chi connectivity index (χ0v) is 12.2. The number of nitrogen functional groups attached to an aromatic ring is 1. The van der Waals surface area contributed by atoms with E-state index in [0.717, 1.165) is 19.5 Å². The van der Waals surface area contributed by atoms with Crippen molar-refractivity contribution in [2.75, 3.05) is 30.7 Å². The summed E-state index contributed by atoms with van der Waals surface area (Å²) in [6, 6.07) is 4.98. The lowest BCUT2D eigenvalue weighted by molar-refractivity contribution is -0.117. The molecule has 5 nitrogen and oxygen atoms in total. The van der Waals surface area contributed by atoms with Crippen LogP contribution >= 0.6 is 11.6 Å². The molecule has 1 aliphatic rings. The maximum atomic E-state index is 12.0. The summed E-state index contributed by atoms with van der Waals surface area (Å²) in [5.74, 6) is 0.129. The molecule has 1 aromatic rings. The number of hydrogen-bond donors (Lipinski definition) is 3. The molecule has 0 radical (unpaired) electrons. The number of benzene rings is 1. The highest BCUT2D eigenvalue weighted by molar-refractivity contribution is 6.31. The molecule has 1 heterocycles. The van der Waals surface area contributed by atoms with Crippen molar-refractivity contribution >= 4 is 28.9 Å². The second-order valence-electron chi connectivity index (χ2n) is 5.30. The van der Waals surface area contributed by atoms with Crippen LogP contribution in [0.3, 0.4) is 0 Å². The van der Waals surface area contributed by atoms with Crippen LogP contribution in [0, 0.1) is 5.92 Å². The summed E-state index contributed by atoms with van der Waals surface area (Å²) < 4.78 is 0. The minimum Gasteiger partial charge on any atom is -0.397 e. The SMILES string of the molecule is CC(O)C1CCN(CC(=O)Nc2cc(Cl)ccc2N)C1. The number of anilines is 2. The van der Waals surface area contributed by atoms with Crippen LogP contribution in [0.4, 0.5) is 11.4 Å². The van der Waals surface area contributed by atoms with Gasteiger partial charge in [-0.25, -0.2) is 0 Å². The van der Waals surface area contributed by atoms with Crippen molar-refractivity contribution in [2.24, 2.45) is 5.92 Å². The zero-order chi connectivity index (χ0) is 14.7. The van der Waals surface area contributed by atoms with Crippen molar-refractivity contribution in [1.29, 1.82) is 0 Å². The van der Waals surface area contributed by atoms with Gasteiger partial charge in [-0.05, 0) is 44.0 Å². The summed E-state index contributed by atoms with van der Waals surface area (Å²) in [5, 5.41) is 12.8. The Labute approximate surface area is 123 Å². The summed E-state index contributed by atoms with van der Waals surface area (Å²) in [6.45, 7) is 3.67. The van der Waals surface area contributed by atoms with E-state index in [-0.39, 0.29) is 17.9 Å². The Balaban J connectivity index is 1.88. The topological polar surface area (TPSA) is 78.6 Å². The molecule has 2 rings (SSSR count). The van der Waals surface area contributed by atoms with Gasteiger partial charge in [0.25, 0.3) is 0 Å². The van der Waals surface area contributed by atoms with Gasteiger partial charge < -0.3 is 16.2 Å². The van der Waals surface area contributed by atoms with Gasteiger partial charge in [-0.2, -0.15) is 0 Å². The quantitative estimate of drug-likeness (QED) is 0.737. The van der Waals surface area contributed by atoms with Crippen molar-refractivity contribution < 1.29 is 9.90 Å². The van der Waals surface area contributed by atoms with Gasteiger partial charge in [-0.3, -0.25) is 9.69 Å². The fourth-order valence-corrected chi connectivity index (χ4v) is 2.60. The van der Waals surface area contributed by atoms with Crippen LogP contribution in [0.15, 0.2) is 18.2 Å². The number of rotatable bonds is 4. The van der Waals surface area contributed by atoms with Gasteiger partial charge in [-0.15, -0.1) is 0 Å². The maximum Gasteiger partial charge on any atom is 0.238 e. The summed E-state index contributed by atoms with van der Waals surface area (Å²) in [6.07, 6.45) is 0.594. The molecule has 2 atom stereocenters. The van der Waals surface area contributed by atoms with Gasteiger partial charge in [0.15, 0.2) is 0 Å². The Bertz CT molecular complexity index is 493. The molecule has 6 heteroatoms. The van der Waals surface area contributed by atoms with Gasteiger partial charge >= 0.3 is 0 Å². The van der Waals surface area contributed by atoms with Crippen molar-refractivity contribution in [3.63, 3.8) is 0 Å². The number of carbonyl (C=O) groups excluding carboxylic acids is 1. The number of halogens is 1. The number of aliphatic hydroxyl groups excluding tert-OH is 1. The molecule has 1 fully saturated rings. The third-order valence-corrected chi connectivity index (χ3v) is 3.88. The number of nitrogens with zero attached hydrogens (tertiary/aromatic N) is 1. The number of nitrogens with one attached hydrogen (secondary N) is 1. The second-order valence-corrected chi connectivity index (χ2v) is 5.74. The molecular weight excluding hydrogens is 278 g/mol. The minimum absolute atomic E-state index is 0.120. The van der Waals surface area contributed by atoms with E-state index in [0.29, 0.717) is 22.9 Å². The highest BCUT2D eigenvalue weighted by Gasteiger charge is 2.27. The predicted octanol–water partition coefficient (Wildman–Crippen LogP) is 1.56. The lowest BCUT2D eigenvalue weighted by Crippen LogP contribution is -2.32. The summed E-state index contributed by atoms with van der Waals surface area (Å²) in [7, 11) is 0. The number of amides is 1. The first-order valence-electron chi connectivity index (χ1n) is 6.71. The lowest BCUT2D eigenvalue weighted by atomic mass is 10.0. The number of aliphatic hydroxyl groups is 1. The molecule has 110 valence electrons. The molecular formula is C14H20ClN3O2. The van der Waals surface area contributed by atoms with E-state index in [1.54, 1.807) is 25.1 Å². The smallest absolute Gasteiger partial charge is 0.238 e. The molecule has 0 aliphatic carbocycles. The molecule has 1 amide bonds. The van der Waals surface area contributed by atoms with Crippen molar-refractivity contribution in [1.82, 2.24) is 4.90 Å². The fourth-order valence-electron chi connectivity index (χ4n) is 2.43. The van der Waals surface area contributed by atoms with Crippen molar-refractivity contribution in [2.45, 2.75) is 19.4 Å². The summed E-state index contributed by atoms with van der Waals surface area (Å²) in [5.41, 5.74) is 6.82. The van der Waals surface area contributed by atoms with Crippen molar-refractivity contribution in [3.8, 4) is 0 Å². The van der Waals surface area contributed by atoms with E-state index in [1.165, 1.54) is 0 Å². The first-order valence-corrected chi connectivity index (χ1v) is 7.09. The largest absolute Gasteiger partial charge is 0.397 e. The molecule has 1 aliphatic heterocycles. The third-order valence-electron chi connectivity index (χ3n) is 3.65. The molecule has 4 N–H and O–H groups in total. The number of nitrogens with two attached hydrogens (primary N) is 1. The van der Waals surface area contributed by atoms with Gasteiger partial charge in [0.1, 0.15) is 0 Å². The molecule has 2 unspecified atom stereocenters. The lowest BCUT2D eigenvalue weighted by Gasteiger charge is -2.17. The predicted molar refractivity (Wildman–Crippen MR) is 80.7 cm³/mol. The maximum absolute atomic E-state index is 12.0. The highest BCUT2D eigenvalue weighted by atomic mass is 35.5.